The predicted octanol–water partition coefficient (Wildman–Crippen LogP) is 3.38. The van der Waals surface area contributed by atoms with E-state index in [1.807, 2.05) is 17.0 Å². The fourth-order valence-corrected chi connectivity index (χ4v) is 4.15. The van der Waals surface area contributed by atoms with E-state index >= 15 is 0 Å². The molecule has 24 heavy (non-hydrogen) atoms. The van der Waals surface area contributed by atoms with Crippen LogP contribution in [-0.4, -0.2) is 34.1 Å². The van der Waals surface area contributed by atoms with E-state index in [4.69, 9.17) is 0 Å². The first kappa shape index (κ1) is 15.4. The number of nitrogens with one attached hydrogen (secondary N) is 1. The maximum Gasteiger partial charge on any atom is 0.233 e. The van der Waals surface area contributed by atoms with Gasteiger partial charge in [-0.05, 0) is 49.4 Å². The molecule has 1 saturated carbocycles. The van der Waals surface area contributed by atoms with Gasteiger partial charge in [0.05, 0.1) is 5.41 Å². The van der Waals surface area contributed by atoms with Gasteiger partial charge in [-0.3, -0.25) is 9.89 Å². The topological polar surface area (TPSA) is 49.0 Å². The molecule has 2 heterocycles. The normalized spacial score (nSPS) is 22.9. The van der Waals surface area contributed by atoms with E-state index in [1.165, 1.54) is 12.1 Å². The Hall–Kier alpha value is -2.17. The summed E-state index contributed by atoms with van der Waals surface area (Å²) in [5, 5.41) is 7.07. The summed E-state index contributed by atoms with van der Waals surface area (Å²) in [6.07, 6.45) is 6.49. The second-order valence-electron chi connectivity index (χ2n) is 7.05. The third-order valence-electron chi connectivity index (χ3n) is 5.66. The van der Waals surface area contributed by atoms with Crippen molar-refractivity contribution in [3.63, 3.8) is 0 Å². The molecule has 5 heteroatoms. The number of halogens is 1. The maximum atomic E-state index is 13.7. The second-order valence-corrected chi connectivity index (χ2v) is 7.05. The highest BCUT2D eigenvalue weighted by Gasteiger charge is 2.48. The fraction of sp³-hybridized carbons (Fsp3) is 0.474. The third-order valence-corrected chi connectivity index (χ3v) is 5.66. The lowest BCUT2D eigenvalue weighted by Gasteiger charge is -2.45. The van der Waals surface area contributed by atoms with Gasteiger partial charge in [-0.1, -0.05) is 18.6 Å². The first-order chi connectivity index (χ1) is 11.7. The molecule has 2 aromatic rings. The van der Waals surface area contributed by atoms with Crippen LogP contribution in [0.4, 0.5) is 4.39 Å². The van der Waals surface area contributed by atoms with Crippen LogP contribution >= 0.6 is 0 Å². The van der Waals surface area contributed by atoms with Gasteiger partial charge in [-0.15, -0.1) is 0 Å². The number of carbonyl (C=O) groups is 1. The van der Waals surface area contributed by atoms with Gasteiger partial charge in [0, 0.05) is 30.9 Å². The average Bonchev–Trinajstić information content (AvgIpc) is 3.08. The summed E-state index contributed by atoms with van der Waals surface area (Å²) in [7, 11) is 0. The Morgan fingerprint density at radius 2 is 2.17 bits per heavy atom. The summed E-state index contributed by atoms with van der Waals surface area (Å²) in [5.41, 5.74) is 1.42. The van der Waals surface area contributed by atoms with Crippen LogP contribution in [0, 0.1) is 5.82 Å². The Morgan fingerprint density at radius 1 is 1.29 bits per heavy atom. The van der Waals surface area contributed by atoms with Crippen molar-refractivity contribution in [3.8, 4) is 0 Å². The number of amides is 1. The molecule has 126 valence electrons. The molecule has 4 nitrogen and oxygen atoms in total. The maximum absolute atomic E-state index is 13.7. The van der Waals surface area contributed by atoms with Crippen LogP contribution in [0.3, 0.4) is 0 Å². The zero-order chi connectivity index (χ0) is 16.6. The number of likely N-dealkylation sites (tertiary alicyclic amines) is 1. The van der Waals surface area contributed by atoms with Crippen LogP contribution in [0.1, 0.15) is 49.3 Å². The summed E-state index contributed by atoms with van der Waals surface area (Å²) in [4.78, 5) is 15.3. The van der Waals surface area contributed by atoms with Crippen molar-refractivity contribution in [1.82, 2.24) is 15.1 Å². The van der Waals surface area contributed by atoms with E-state index in [2.05, 4.69) is 10.2 Å². The number of piperidine rings is 1. The molecule has 0 radical (unpaired) electrons. The van der Waals surface area contributed by atoms with Crippen molar-refractivity contribution in [3.05, 3.63) is 53.6 Å². The van der Waals surface area contributed by atoms with E-state index in [0.717, 1.165) is 56.5 Å². The lowest BCUT2D eigenvalue weighted by molar-refractivity contribution is -0.142. The molecule has 2 aliphatic rings. The van der Waals surface area contributed by atoms with Gasteiger partial charge in [0.25, 0.3) is 0 Å². The summed E-state index contributed by atoms with van der Waals surface area (Å²) >= 11 is 0. The minimum atomic E-state index is -0.516. The highest BCUT2D eigenvalue weighted by molar-refractivity contribution is 5.89. The van der Waals surface area contributed by atoms with Crippen molar-refractivity contribution >= 4 is 5.91 Å². The molecule has 1 N–H and O–H groups in total. The molecule has 1 aliphatic heterocycles. The molecule has 1 aromatic carbocycles. The minimum Gasteiger partial charge on any atom is -0.341 e. The van der Waals surface area contributed by atoms with Gasteiger partial charge in [-0.2, -0.15) is 5.10 Å². The molecular weight excluding hydrogens is 305 g/mol. The van der Waals surface area contributed by atoms with Crippen LogP contribution in [0.25, 0.3) is 0 Å². The van der Waals surface area contributed by atoms with Crippen LogP contribution in [0.15, 0.2) is 36.5 Å². The molecule has 1 atom stereocenters. The van der Waals surface area contributed by atoms with E-state index in [-0.39, 0.29) is 11.7 Å². The second kappa shape index (κ2) is 6.04. The summed E-state index contributed by atoms with van der Waals surface area (Å²) in [6, 6.07) is 8.57. The van der Waals surface area contributed by atoms with Gasteiger partial charge < -0.3 is 4.90 Å². The Morgan fingerprint density at radius 3 is 2.83 bits per heavy atom. The molecule has 2 fully saturated rings. The number of H-pyrrole nitrogens is 1. The third kappa shape index (κ3) is 2.52. The van der Waals surface area contributed by atoms with Gasteiger partial charge in [0.1, 0.15) is 5.82 Å². The summed E-state index contributed by atoms with van der Waals surface area (Å²) in [5.74, 6) is 0.221. The Bertz CT molecular complexity index is 724. The lowest BCUT2D eigenvalue weighted by atomic mass is 9.63. The number of aromatic nitrogens is 2. The number of carbonyl (C=O) groups excluding carboxylic acids is 1. The van der Waals surface area contributed by atoms with E-state index in [9.17, 15) is 9.18 Å². The lowest BCUT2D eigenvalue weighted by Crippen LogP contribution is -2.53. The zero-order valence-corrected chi connectivity index (χ0v) is 13.7. The van der Waals surface area contributed by atoms with Crippen molar-refractivity contribution < 1.29 is 9.18 Å². The van der Waals surface area contributed by atoms with Crippen molar-refractivity contribution in [2.75, 3.05) is 13.1 Å². The molecule has 0 spiro atoms. The van der Waals surface area contributed by atoms with Crippen molar-refractivity contribution in [2.45, 2.75) is 43.4 Å². The number of rotatable bonds is 3. The Balaban J connectivity index is 1.57. The van der Waals surface area contributed by atoms with Crippen LogP contribution in [0.5, 0.6) is 0 Å². The monoisotopic (exact) mass is 327 g/mol. The van der Waals surface area contributed by atoms with E-state index in [1.54, 1.807) is 12.3 Å². The molecule has 1 amide bonds. The number of nitrogens with zero attached hydrogens (tertiary/aromatic N) is 2. The number of benzene rings is 1. The first-order valence-corrected chi connectivity index (χ1v) is 8.74. The fourth-order valence-electron chi connectivity index (χ4n) is 4.15. The van der Waals surface area contributed by atoms with Gasteiger partial charge in [-0.25, -0.2) is 4.39 Å². The highest BCUT2D eigenvalue weighted by atomic mass is 19.1. The van der Waals surface area contributed by atoms with Crippen LogP contribution in [-0.2, 0) is 10.2 Å². The van der Waals surface area contributed by atoms with Gasteiger partial charge in [0.2, 0.25) is 5.91 Å². The first-order valence-electron chi connectivity index (χ1n) is 8.74. The molecule has 1 aromatic heterocycles. The van der Waals surface area contributed by atoms with Crippen LogP contribution in [0.2, 0.25) is 0 Å². The smallest absolute Gasteiger partial charge is 0.233 e. The standard InChI is InChI=1S/C19H22FN3O/c20-16-6-1-5-15(12-16)19(8-3-9-19)18(24)23-11-2-4-14(13-23)17-7-10-21-22-17/h1,5-7,10,12,14H,2-4,8-9,11,13H2,(H,21,22)/t14-/m1/s1. The highest BCUT2D eigenvalue weighted by Crippen LogP contribution is 2.46. The number of hydrogen-bond acceptors (Lipinski definition) is 2. The van der Waals surface area contributed by atoms with Crippen LogP contribution < -0.4 is 0 Å². The van der Waals surface area contributed by atoms with E-state index < -0.39 is 5.41 Å². The zero-order valence-electron chi connectivity index (χ0n) is 13.7. The van der Waals surface area contributed by atoms with Gasteiger partial charge in [0.15, 0.2) is 0 Å². The average molecular weight is 327 g/mol. The Labute approximate surface area is 141 Å². The molecule has 0 unspecified atom stereocenters. The quantitative estimate of drug-likeness (QED) is 0.939. The molecule has 0 bridgehead atoms. The molecule has 4 rings (SSSR count). The summed E-state index contributed by atoms with van der Waals surface area (Å²) < 4.78 is 13.7. The number of aromatic amines is 1. The Kier molecular flexibility index (Phi) is 3.87. The van der Waals surface area contributed by atoms with E-state index in [0.29, 0.717) is 5.92 Å². The van der Waals surface area contributed by atoms with Crippen molar-refractivity contribution in [2.24, 2.45) is 0 Å². The molecule has 1 saturated heterocycles. The predicted molar refractivity (Wildman–Crippen MR) is 89.1 cm³/mol. The van der Waals surface area contributed by atoms with Gasteiger partial charge >= 0.3 is 0 Å². The SMILES string of the molecule is O=C(N1CCC[C@@H](c2ccn[nH]2)C1)C1(c2cccc(F)c2)CCC1. The van der Waals surface area contributed by atoms with Crippen molar-refractivity contribution in [1.29, 1.82) is 0 Å². The molecule has 1 aliphatic carbocycles. The molecular formula is C19H22FN3O. The number of hydrogen-bond donors (Lipinski definition) is 1. The summed E-state index contributed by atoms with van der Waals surface area (Å²) in [6.45, 7) is 1.51. The minimum absolute atomic E-state index is 0.170. The largest absolute Gasteiger partial charge is 0.341 e.